The van der Waals surface area contributed by atoms with E-state index in [0.29, 0.717) is 5.56 Å². The molecule has 0 atom stereocenters. The lowest BCUT2D eigenvalue weighted by Crippen LogP contribution is -2.18. The predicted octanol–water partition coefficient (Wildman–Crippen LogP) is 2.47. The third-order valence-electron chi connectivity index (χ3n) is 2.48. The lowest BCUT2D eigenvalue weighted by molar-refractivity contribution is 0.0600. The number of hydrogen-bond acceptors (Lipinski definition) is 3. The van der Waals surface area contributed by atoms with Crippen molar-refractivity contribution in [2.75, 3.05) is 7.11 Å². The highest BCUT2D eigenvalue weighted by molar-refractivity contribution is 5.95. The molecule has 0 amide bonds. The van der Waals surface area contributed by atoms with E-state index in [1.807, 2.05) is 20.8 Å². The van der Waals surface area contributed by atoms with Crippen molar-refractivity contribution in [2.45, 2.75) is 26.2 Å². The van der Waals surface area contributed by atoms with Crippen LogP contribution in [0.3, 0.4) is 0 Å². The van der Waals surface area contributed by atoms with Gasteiger partial charge in [-0.25, -0.2) is 9.59 Å². The van der Waals surface area contributed by atoms with Crippen LogP contribution >= 0.6 is 0 Å². The minimum atomic E-state index is -1.04. The van der Waals surface area contributed by atoms with E-state index in [1.54, 1.807) is 12.1 Å². The quantitative estimate of drug-likeness (QED) is 0.801. The van der Waals surface area contributed by atoms with Gasteiger partial charge in [0, 0.05) is 0 Å². The zero-order valence-corrected chi connectivity index (χ0v) is 10.4. The van der Waals surface area contributed by atoms with Crippen LogP contribution in [0.25, 0.3) is 0 Å². The van der Waals surface area contributed by atoms with E-state index in [0.717, 1.165) is 0 Å². The van der Waals surface area contributed by atoms with Crippen LogP contribution in [0.4, 0.5) is 0 Å². The fourth-order valence-electron chi connectivity index (χ4n) is 1.62. The highest BCUT2D eigenvalue weighted by Crippen LogP contribution is 2.27. The van der Waals surface area contributed by atoms with Crippen LogP contribution in [-0.2, 0) is 10.2 Å². The minimum Gasteiger partial charge on any atom is -0.478 e. The van der Waals surface area contributed by atoms with Crippen molar-refractivity contribution >= 4 is 11.9 Å². The molecule has 1 rings (SSSR count). The second-order valence-electron chi connectivity index (χ2n) is 4.81. The van der Waals surface area contributed by atoms with Crippen LogP contribution in [0.5, 0.6) is 0 Å². The fourth-order valence-corrected chi connectivity index (χ4v) is 1.62. The molecule has 0 unspecified atom stereocenters. The molecule has 0 aromatic heterocycles. The number of carbonyl (C=O) groups excluding carboxylic acids is 1. The summed E-state index contributed by atoms with van der Waals surface area (Å²) in [6.07, 6.45) is 0. The van der Waals surface area contributed by atoms with E-state index < -0.39 is 11.9 Å². The molecule has 0 bridgehead atoms. The van der Waals surface area contributed by atoms with Gasteiger partial charge < -0.3 is 9.84 Å². The van der Waals surface area contributed by atoms with E-state index in [-0.39, 0.29) is 16.5 Å². The topological polar surface area (TPSA) is 63.6 Å². The van der Waals surface area contributed by atoms with Crippen molar-refractivity contribution in [3.05, 3.63) is 34.9 Å². The maximum absolute atomic E-state index is 11.3. The van der Waals surface area contributed by atoms with Gasteiger partial charge in [-0.2, -0.15) is 0 Å². The Morgan fingerprint density at radius 2 is 1.82 bits per heavy atom. The van der Waals surface area contributed by atoms with Gasteiger partial charge >= 0.3 is 11.9 Å². The van der Waals surface area contributed by atoms with Gasteiger partial charge in [-0.1, -0.05) is 26.8 Å². The third kappa shape index (κ3) is 2.84. The van der Waals surface area contributed by atoms with Gasteiger partial charge in [-0.3, -0.25) is 0 Å². The van der Waals surface area contributed by atoms with Crippen molar-refractivity contribution < 1.29 is 19.4 Å². The number of benzene rings is 1. The molecule has 0 radical (unpaired) electrons. The maximum Gasteiger partial charge on any atom is 0.337 e. The van der Waals surface area contributed by atoms with Crippen molar-refractivity contribution in [1.82, 2.24) is 0 Å². The number of rotatable bonds is 2. The Kier molecular flexibility index (Phi) is 3.56. The molecular weight excluding hydrogens is 220 g/mol. The van der Waals surface area contributed by atoms with Gasteiger partial charge in [-0.05, 0) is 23.1 Å². The number of aromatic carboxylic acids is 1. The van der Waals surface area contributed by atoms with Gasteiger partial charge in [0.2, 0.25) is 0 Å². The summed E-state index contributed by atoms with van der Waals surface area (Å²) < 4.78 is 4.56. The summed E-state index contributed by atoms with van der Waals surface area (Å²) in [6.45, 7) is 5.77. The third-order valence-corrected chi connectivity index (χ3v) is 2.48. The van der Waals surface area contributed by atoms with Gasteiger partial charge in [-0.15, -0.1) is 0 Å². The van der Waals surface area contributed by atoms with Crippen LogP contribution in [0.2, 0.25) is 0 Å². The molecule has 0 aliphatic carbocycles. The zero-order chi connectivity index (χ0) is 13.2. The summed E-state index contributed by atoms with van der Waals surface area (Å²) in [5.41, 5.74) is 0.790. The lowest BCUT2D eigenvalue weighted by atomic mass is 9.83. The number of ether oxygens (including phenoxy) is 1. The lowest BCUT2D eigenvalue weighted by Gasteiger charge is -2.21. The Hall–Kier alpha value is -1.84. The average Bonchev–Trinajstić information content (AvgIpc) is 2.25. The van der Waals surface area contributed by atoms with Crippen LogP contribution < -0.4 is 0 Å². The molecule has 0 saturated heterocycles. The fraction of sp³-hybridized carbons (Fsp3) is 0.385. The molecule has 1 N–H and O–H groups in total. The largest absolute Gasteiger partial charge is 0.478 e. The van der Waals surface area contributed by atoms with E-state index in [2.05, 4.69) is 4.74 Å². The molecule has 92 valence electrons. The molecule has 0 saturated carbocycles. The van der Waals surface area contributed by atoms with Crippen LogP contribution in [-0.4, -0.2) is 24.2 Å². The Bertz CT molecular complexity index is 455. The molecule has 1 aromatic carbocycles. The molecular formula is C13H16O4. The van der Waals surface area contributed by atoms with Crippen molar-refractivity contribution in [1.29, 1.82) is 0 Å². The highest BCUT2D eigenvalue weighted by Gasteiger charge is 2.22. The first-order valence-electron chi connectivity index (χ1n) is 5.23. The molecule has 0 heterocycles. The van der Waals surface area contributed by atoms with E-state index in [1.165, 1.54) is 13.2 Å². The second-order valence-corrected chi connectivity index (χ2v) is 4.81. The summed E-state index contributed by atoms with van der Waals surface area (Å²) in [5, 5.41) is 9.16. The Morgan fingerprint density at radius 1 is 1.24 bits per heavy atom. The van der Waals surface area contributed by atoms with Crippen LogP contribution in [0, 0.1) is 0 Å². The first-order valence-corrected chi connectivity index (χ1v) is 5.23. The van der Waals surface area contributed by atoms with Crippen molar-refractivity contribution in [2.24, 2.45) is 0 Å². The summed E-state index contributed by atoms with van der Waals surface area (Å²) in [4.78, 5) is 22.5. The average molecular weight is 236 g/mol. The highest BCUT2D eigenvalue weighted by atomic mass is 16.5. The molecule has 0 fully saturated rings. The summed E-state index contributed by atoms with van der Waals surface area (Å²) in [7, 11) is 1.26. The SMILES string of the molecule is COC(=O)c1ccc(C(C)(C)C)c(C(=O)O)c1. The van der Waals surface area contributed by atoms with Crippen LogP contribution in [0.15, 0.2) is 18.2 Å². The van der Waals surface area contributed by atoms with Crippen LogP contribution in [0.1, 0.15) is 47.1 Å². The molecule has 0 aliphatic rings. The number of carboxylic acid groups (broad SMARTS) is 1. The number of hydrogen-bond donors (Lipinski definition) is 1. The zero-order valence-electron chi connectivity index (χ0n) is 10.4. The molecule has 0 aliphatic heterocycles. The summed E-state index contributed by atoms with van der Waals surface area (Å²) in [6, 6.07) is 4.60. The van der Waals surface area contributed by atoms with Gasteiger partial charge in [0.15, 0.2) is 0 Å². The summed E-state index contributed by atoms with van der Waals surface area (Å²) >= 11 is 0. The Labute approximate surface area is 100 Å². The van der Waals surface area contributed by atoms with Gasteiger partial charge in [0.1, 0.15) is 0 Å². The number of esters is 1. The Balaban J connectivity index is 3.37. The van der Waals surface area contributed by atoms with E-state index >= 15 is 0 Å². The van der Waals surface area contributed by atoms with E-state index in [9.17, 15) is 9.59 Å². The number of carbonyl (C=O) groups is 2. The minimum absolute atomic E-state index is 0.139. The smallest absolute Gasteiger partial charge is 0.337 e. The van der Waals surface area contributed by atoms with Gasteiger partial charge in [0.05, 0.1) is 18.2 Å². The van der Waals surface area contributed by atoms with E-state index in [4.69, 9.17) is 5.11 Å². The molecule has 0 spiro atoms. The molecule has 4 nitrogen and oxygen atoms in total. The monoisotopic (exact) mass is 236 g/mol. The molecule has 1 aromatic rings. The number of carboxylic acids is 1. The normalized spacial score (nSPS) is 11.1. The van der Waals surface area contributed by atoms with Crippen molar-refractivity contribution in [3.63, 3.8) is 0 Å². The molecule has 4 heteroatoms. The summed E-state index contributed by atoms with van der Waals surface area (Å²) in [5.74, 6) is -1.58. The van der Waals surface area contributed by atoms with Crippen molar-refractivity contribution in [3.8, 4) is 0 Å². The maximum atomic E-state index is 11.3. The standard InChI is InChI=1S/C13H16O4/c1-13(2,3)10-6-5-8(12(16)17-4)7-9(10)11(14)15/h5-7H,1-4H3,(H,14,15). The van der Waals surface area contributed by atoms with Gasteiger partial charge in [0.25, 0.3) is 0 Å². The first kappa shape index (κ1) is 13.2. The number of methoxy groups -OCH3 is 1. The molecule has 17 heavy (non-hydrogen) atoms. The Morgan fingerprint density at radius 3 is 2.24 bits per heavy atom. The predicted molar refractivity (Wildman–Crippen MR) is 63.4 cm³/mol. The second kappa shape index (κ2) is 4.57. The first-order chi connectivity index (χ1) is 7.77.